The maximum atomic E-state index is 12.7. The lowest BCUT2D eigenvalue weighted by Crippen LogP contribution is -2.36. The molecule has 3 rings (SSSR count). The summed E-state index contributed by atoms with van der Waals surface area (Å²) in [5.41, 5.74) is 4.15. The van der Waals surface area contributed by atoms with Gasteiger partial charge in [0.25, 0.3) is 0 Å². The molecule has 4 nitrogen and oxygen atoms in total. The van der Waals surface area contributed by atoms with E-state index < -0.39 is 10.0 Å². The zero-order chi connectivity index (χ0) is 16.4. The molecule has 0 unspecified atom stereocenters. The maximum Gasteiger partial charge on any atom is 0.218 e. The monoisotopic (exact) mass is 331 g/mol. The van der Waals surface area contributed by atoms with Crippen LogP contribution < -0.4 is 4.74 Å². The Morgan fingerprint density at radius 2 is 1.96 bits per heavy atom. The van der Waals surface area contributed by atoms with E-state index in [1.54, 1.807) is 11.4 Å². The van der Waals surface area contributed by atoms with Crippen molar-refractivity contribution in [2.75, 3.05) is 13.7 Å². The first-order valence-electron chi connectivity index (χ1n) is 7.67. The number of fused-ring (bicyclic) bond motifs is 1. The highest BCUT2D eigenvalue weighted by Gasteiger charge is 2.27. The number of aryl methyl sites for hydroxylation is 1. The molecule has 0 aliphatic carbocycles. The highest BCUT2D eigenvalue weighted by Crippen LogP contribution is 2.26. The fourth-order valence-corrected chi connectivity index (χ4v) is 4.46. The van der Waals surface area contributed by atoms with Crippen LogP contribution in [0.1, 0.15) is 22.3 Å². The number of hydrogen-bond acceptors (Lipinski definition) is 3. The molecule has 0 aromatic heterocycles. The largest absolute Gasteiger partial charge is 0.497 e. The highest BCUT2D eigenvalue weighted by atomic mass is 32.2. The van der Waals surface area contributed by atoms with E-state index in [0.717, 1.165) is 28.9 Å². The average molecular weight is 331 g/mol. The Morgan fingerprint density at radius 3 is 2.70 bits per heavy atom. The second-order valence-electron chi connectivity index (χ2n) is 5.96. The van der Waals surface area contributed by atoms with Crippen LogP contribution in [0.5, 0.6) is 5.75 Å². The molecule has 0 amide bonds. The molecule has 122 valence electrons. The predicted molar refractivity (Wildman–Crippen MR) is 90.9 cm³/mol. The zero-order valence-corrected chi connectivity index (χ0v) is 14.3. The third-order valence-corrected chi connectivity index (χ3v) is 6.01. The lowest BCUT2D eigenvalue weighted by atomic mass is 10.0. The van der Waals surface area contributed by atoms with Gasteiger partial charge >= 0.3 is 0 Å². The molecular formula is C18H21NO3S. The molecule has 1 aliphatic heterocycles. The molecule has 23 heavy (non-hydrogen) atoms. The number of rotatable bonds is 4. The standard InChI is InChI=1S/C18H21NO3S/c1-14-4-3-5-15(10-14)13-23(20,21)19-9-8-16-11-18(22-2)7-6-17(16)12-19/h3-7,10-11H,8-9,12-13H2,1-2H3. The molecule has 2 aromatic carbocycles. The van der Waals surface area contributed by atoms with E-state index in [4.69, 9.17) is 4.74 Å². The van der Waals surface area contributed by atoms with Crippen LogP contribution in [0.3, 0.4) is 0 Å². The van der Waals surface area contributed by atoms with Crippen molar-refractivity contribution in [1.82, 2.24) is 4.31 Å². The summed E-state index contributed by atoms with van der Waals surface area (Å²) in [4.78, 5) is 0. The third kappa shape index (κ3) is 3.57. The molecule has 0 radical (unpaired) electrons. The van der Waals surface area contributed by atoms with Crippen molar-refractivity contribution in [1.29, 1.82) is 0 Å². The fourth-order valence-electron chi connectivity index (χ4n) is 2.97. The van der Waals surface area contributed by atoms with Gasteiger partial charge in [0.1, 0.15) is 5.75 Å². The minimum atomic E-state index is -3.31. The van der Waals surface area contributed by atoms with Crippen LogP contribution in [0.2, 0.25) is 0 Å². The van der Waals surface area contributed by atoms with Gasteiger partial charge in [0, 0.05) is 13.1 Å². The van der Waals surface area contributed by atoms with Gasteiger partial charge < -0.3 is 4.74 Å². The molecule has 2 aromatic rings. The van der Waals surface area contributed by atoms with Crippen LogP contribution in [0, 0.1) is 6.92 Å². The van der Waals surface area contributed by atoms with Crippen molar-refractivity contribution >= 4 is 10.0 Å². The van der Waals surface area contributed by atoms with Crippen molar-refractivity contribution < 1.29 is 13.2 Å². The molecule has 0 bridgehead atoms. The molecule has 5 heteroatoms. The van der Waals surface area contributed by atoms with E-state index in [1.165, 1.54) is 5.56 Å². The molecule has 0 saturated carbocycles. The molecular weight excluding hydrogens is 310 g/mol. The normalized spacial score (nSPS) is 15.2. The van der Waals surface area contributed by atoms with Gasteiger partial charge in [-0.05, 0) is 42.2 Å². The first kappa shape index (κ1) is 16.0. The van der Waals surface area contributed by atoms with Gasteiger partial charge in [-0.15, -0.1) is 0 Å². The number of hydrogen-bond donors (Lipinski definition) is 0. The van der Waals surface area contributed by atoms with E-state index in [9.17, 15) is 8.42 Å². The summed E-state index contributed by atoms with van der Waals surface area (Å²) in [5.74, 6) is 0.875. The molecule has 1 aliphatic rings. The summed E-state index contributed by atoms with van der Waals surface area (Å²) in [6.45, 7) is 2.93. The van der Waals surface area contributed by atoms with Crippen molar-refractivity contribution in [2.24, 2.45) is 0 Å². The van der Waals surface area contributed by atoms with Crippen LogP contribution in [-0.4, -0.2) is 26.4 Å². The molecule has 1 heterocycles. The van der Waals surface area contributed by atoms with E-state index >= 15 is 0 Å². The summed E-state index contributed by atoms with van der Waals surface area (Å²) in [7, 11) is -1.67. The van der Waals surface area contributed by atoms with Gasteiger partial charge in [0.2, 0.25) is 10.0 Å². The maximum absolute atomic E-state index is 12.7. The van der Waals surface area contributed by atoms with E-state index in [1.807, 2.05) is 49.4 Å². The summed E-state index contributed by atoms with van der Waals surface area (Å²) in [5, 5.41) is 0. The number of nitrogens with zero attached hydrogens (tertiary/aromatic N) is 1. The number of benzene rings is 2. The van der Waals surface area contributed by atoms with Gasteiger partial charge in [0.05, 0.1) is 12.9 Å². The second kappa shape index (κ2) is 6.34. The van der Waals surface area contributed by atoms with Crippen LogP contribution in [-0.2, 0) is 28.7 Å². The first-order valence-corrected chi connectivity index (χ1v) is 9.28. The second-order valence-corrected chi connectivity index (χ2v) is 7.93. The van der Waals surface area contributed by atoms with Crippen LogP contribution in [0.15, 0.2) is 42.5 Å². The summed E-state index contributed by atoms with van der Waals surface area (Å²) >= 11 is 0. The Labute approximate surface area is 137 Å². The Bertz CT molecular complexity index is 815. The Morgan fingerprint density at radius 1 is 1.13 bits per heavy atom. The number of methoxy groups -OCH3 is 1. The summed E-state index contributed by atoms with van der Waals surface area (Å²) < 4.78 is 32.2. The SMILES string of the molecule is COc1ccc2c(c1)CCN(S(=O)(=O)Cc1cccc(C)c1)C2. The minimum Gasteiger partial charge on any atom is -0.497 e. The van der Waals surface area contributed by atoms with Gasteiger partial charge in [-0.25, -0.2) is 8.42 Å². The zero-order valence-electron chi connectivity index (χ0n) is 13.5. The van der Waals surface area contributed by atoms with E-state index in [2.05, 4.69) is 0 Å². The Balaban J connectivity index is 1.79. The molecule has 0 atom stereocenters. The van der Waals surface area contributed by atoms with E-state index in [-0.39, 0.29) is 5.75 Å². The Hall–Kier alpha value is -1.85. The van der Waals surface area contributed by atoms with Crippen molar-refractivity contribution in [3.05, 3.63) is 64.7 Å². The van der Waals surface area contributed by atoms with E-state index in [0.29, 0.717) is 13.1 Å². The fraction of sp³-hybridized carbons (Fsp3) is 0.333. The number of ether oxygens (including phenoxy) is 1. The topological polar surface area (TPSA) is 46.6 Å². The van der Waals surface area contributed by atoms with Crippen LogP contribution >= 0.6 is 0 Å². The lowest BCUT2D eigenvalue weighted by Gasteiger charge is -2.28. The average Bonchev–Trinajstić information content (AvgIpc) is 2.53. The lowest BCUT2D eigenvalue weighted by molar-refractivity contribution is 0.386. The van der Waals surface area contributed by atoms with Crippen molar-refractivity contribution in [2.45, 2.75) is 25.6 Å². The van der Waals surface area contributed by atoms with Crippen LogP contribution in [0.25, 0.3) is 0 Å². The number of sulfonamides is 1. The first-order chi connectivity index (χ1) is 11.0. The minimum absolute atomic E-state index is 0.0557. The Kier molecular flexibility index (Phi) is 4.41. The molecule has 0 N–H and O–H groups in total. The third-order valence-electron chi connectivity index (χ3n) is 4.22. The van der Waals surface area contributed by atoms with Crippen LogP contribution in [0.4, 0.5) is 0 Å². The van der Waals surface area contributed by atoms with Gasteiger partial charge in [-0.3, -0.25) is 0 Å². The smallest absolute Gasteiger partial charge is 0.218 e. The van der Waals surface area contributed by atoms with Crippen molar-refractivity contribution in [3.63, 3.8) is 0 Å². The predicted octanol–water partition coefficient (Wildman–Crippen LogP) is 2.89. The molecule has 0 spiro atoms. The molecule has 0 saturated heterocycles. The van der Waals surface area contributed by atoms with Gasteiger partial charge in [0.15, 0.2) is 0 Å². The summed E-state index contributed by atoms with van der Waals surface area (Å²) in [6.07, 6.45) is 0.722. The van der Waals surface area contributed by atoms with Gasteiger partial charge in [-0.1, -0.05) is 35.9 Å². The summed E-state index contributed by atoms with van der Waals surface area (Å²) in [6, 6.07) is 13.5. The van der Waals surface area contributed by atoms with Gasteiger partial charge in [-0.2, -0.15) is 4.31 Å². The quantitative estimate of drug-likeness (QED) is 0.865. The van der Waals surface area contributed by atoms with Crippen molar-refractivity contribution in [3.8, 4) is 5.75 Å². The molecule has 0 fully saturated rings. The highest BCUT2D eigenvalue weighted by molar-refractivity contribution is 7.88.